The molecule has 4 heteroatoms. The Balaban J connectivity index is 1.69. The summed E-state index contributed by atoms with van der Waals surface area (Å²) in [7, 11) is 0. The van der Waals surface area contributed by atoms with Gasteiger partial charge in [0.15, 0.2) is 0 Å². The van der Waals surface area contributed by atoms with Crippen molar-refractivity contribution in [3.05, 3.63) is 23.8 Å². The third-order valence-electron chi connectivity index (χ3n) is 3.81. The smallest absolute Gasteiger partial charge is 0.142 e. The third kappa shape index (κ3) is 4.39. The highest BCUT2D eigenvalue weighted by atomic mass is 16.5. The van der Waals surface area contributed by atoms with Crippen LogP contribution in [0.15, 0.2) is 18.2 Å². The fourth-order valence-electron chi connectivity index (χ4n) is 2.48. The van der Waals surface area contributed by atoms with Crippen LogP contribution in [0.25, 0.3) is 0 Å². The van der Waals surface area contributed by atoms with Gasteiger partial charge in [0.25, 0.3) is 0 Å². The van der Waals surface area contributed by atoms with Crippen LogP contribution in [0.5, 0.6) is 5.75 Å². The zero-order valence-corrected chi connectivity index (χ0v) is 12.7. The summed E-state index contributed by atoms with van der Waals surface area (Å²) in [4.78, 5) is 2.44. The van der Waals surface area contributed by atoms with Gasteiger partial charge in [0.05, 0.1) is 5.69 Å². The van der Waals surface area contributed by atoms with Crippen LogP contribution in [0.3, 0.4) is 0 Å². The molecule has 0 spiro atoms. The van der Waals surface area contributed by atoms with Crippen molar-refractivity contribution >= 4 is 5.69 Å². The number of anilines is 1. The van der Waals surface area contributed by atoms with E-state index in [9.17, 15) is 0 Å². The SMILES string of the molecule is CCN(CC)CCNCCc1ccc2c(c1)NCCO2. The Morgan fingerprint density at radius 2 is 2.10 bits per heavy atom. The molecule has 1 aliphatic rings. The molecule has 0 saturated heterocycles. The van der Waals surface area contributed by atoms with Gasteiger partial charge in [-0.15, -0.1) is 0 Å². The van der Waals surface area contributed by atoms with Crippen LogP contribution in [0, 0.1) is 0 Å². The minimum Gasteiger partial charge on any atom is -0.490 e. The van der Waals surface area contributed by atoms with E-state index in [1.54, 1.807) is 0 Å². The molecule has 4 nitrogen and oxygen atoms in total. The number of hydrogen-bond acceptors (Lipinski definition) is 4. The van der Waals surface area contributed by atoms with E-state index in [0.29, 0.717) is 0 Å². The first-order valence-electron chi connectivity index (χ1n) is 7.76. The van der Waals surface area contributed by atoms with E-state index >= 15 is 0 Å². The molecular formula is C16H27N3O. The van der Waals surface area contributed by atoms with Crippen LogP contribution in [-0.2, 0) is 6.42 Å². The van der Waals surface area contributed by atoms with Crippen molar-refractivity contribution in [2.24, 2.45) is 0 Å². The molecule has 0 fully saturated rings. The second kappa shape index (κ2) is 8.12. The van der Waals surface area contributed by atoms with Gasteiger partial charge in [0.1, 0.15) is 12.4 Å². The van der Waals surface area contributed by atoms with Crippen molar-refractivity contribution in [2.45, 2.75) is 20.3 Å². The van der Waals surface area contributed by atoms with E-state index in [-0.39, 0.29) is 0 Å². The average molecular weight is 277 g/mol. The molecule has 0 atom stereocenters. The van der Waals surface area contributed by atoms with E-state index in [1.165, 1.54) is 5.56 Å². The van der Waals surface area contributed by atoms with Crippen LogP contribution in [-0.4, -0.2) is 50.8 Å². The highest BCUT2D eigenvalue weighted by Crippen LogP contribution is 2.27. The Labute approximate surface area is 122 Å². The molecule has 0 bridgehead atoms. The fraction of sp³-hybridized carbons (Fsp3) is 0.625. The van der Waals surface area contributed by atoms with Crippen LogP contribution in [0.2, 0.25) is 0 Å². The van der Waals surface area contributed by atoms with Gasteiger partial charge in [-0.1, -0.05) is 19.9 Å². The molecular weight excluding hydrogens is 250 g/mol. The monoisotopic (exact) mass is 277 g/mol. The Hall–Kier alpha value is -1.26. The maximum Gasteiger partial charge on any atom is 0.142 e. The number of benzene rings is 1. The minimum absolute atomic E-state index is 0.763. The maximum absolute atomic E-state index is 5.59. The van der Waals surface area contributed by atoms with Crippen molar-refractivity contribution < 1.29 is 4.74 Å². The summed E-state index contributed by atoms with van der Waals surface area (Å²) in [6.07, 6.45) is 1.06. The maximum atomic E-state index is 5.59. The Morgan fingerprint density at radius 1 is 1.25 bits per heavy atom. The molecule has 0 amide bonds. The largest absolute Gasteiger partial charge is 0.490 e. The third-order valence-corrected chi connectivity index (χ3v) is 3.81. The molecule has 0 aromatic heterocycles. The number of ether oxygens (including phenoxy) is 1. The molecule has 1 aromatic rings. The number of rotatable bonds is 8. The molecule has 1 aliphatic heterocycles. The van der Waals surface area contributed by atoms with E-state index in [2.05, 4.69) is 47.6 Å². The molecule has 0 unspecified atom stereocenters. The van der Waals surface area contributed by atoms with Crippen molar-refractivity contribution in [3.63, 3.8) is 0 Å². The fourth-order valence-corrected chi connectivity index (χ4v) is 2.48. The number of fused-ring (bicyclic) bond motifs is 1. The van der Waals surface area contributed by atoms with E-state index in [4.69, 9.17) is 4.74 Å². The molecule has 0 saturated carbocycles. The summed E-state index contributed by atoms with van der Waals surface area (Å²) in [6.45, 7) is 11.6. The van der Waals surface area contributed by atoms with Gasteiger partial charge < -0.3 is 20.3 Å². The lowest BCUT2D eigenvalue weighted by molar-refractivity contribution is 0.303. The Bertz CT molecular complexity index is 405. The van der Waals surface area contributed by atoms with Gasteiger partial charge in [-0.2, -0.15) is 0 Å². The standard InChI is InChI=1S/C16H27N3O/c1-3-19(4-2)11-9-17-8-7-14-5-6-16-15(13-14)18-10-12-20-16/h5-6,13,17-18H,3-4,7-12H2,1-2H3. The Kier molecular flexibility index (Phi) is 6.15. The van der Waals surface area contributed by atoms with E-state index in [1.807, 2.05) is 0 Å². The first kappa shape index (κ1) is 15.1. The lowest BCUT2D eigenvalue weighted by Gasteiger charge is -2.20. The number of nitrogens with one attached hydrogen (secondary N) is 2. The number of likely N-dealkylation sites (N-methyl/N-ethyl adjacent to an activating group) is 1. The highest BCUT2D eigenvalue weighted by molar-refractivity contribution is 5.59. The molecule has 0 radical (unpaired) electrons. The lowest BCUT2D eigenvalue weighted by Crippen LogP contribution is -2.32. The van der Waals surface area contributed by atoms with Crippen molar-refractivity contribution in [2.75, 3.05) is 51.2 Å². The first-order valence-corrected chi connectivity index (χ1v) is 7.76. The van der Waals surface area contributed by atoms with Crippen LogP contribution in [0.1, 0.15) is 19.4 Å². The van der Waals surface area contributed by atoms with E-state index < -0.39 is 0 Å². The molecule has 20 heavy (non-hydrogen) atoms. The molecule has 1 aromatic carbocycles. The van der Waals surface area contributed by atoms with Gasteiger partial charge in [-0.05, 0) is 43.8 Å². The summed E-state index contributed by atoms with van der Waals surface area (Å²) in [5.41, 5.74) is 2.49. The minimum atomic E-state index is 0.763. The molecule has 1 heterocycles. The summed E-state index contributed by atoms with van der Waals surface area (Å²) in [5.74, 6) is 0.981. The molecule has 2 rings (SSSR count). The molecule has 2 N–H and O–H groups in total. The second-order valence-corrected chi connectivity index (χ2v) is 5.13. The van der Waals surface area contributed by atoms with Gasteiger partial charge in [0.2, 0.25) is 0 Å². The Morgan fingerprint density at radius 3 is 2.90 bits per heavy atom. The average Bonchev–Trinajstić information content (AvgIpc) is 2.51. The topological polar surface area (TPSA) is 36.5 Å². The predicted molar refractivity (Wildman–Crippen MR) is 84.8 cm³/mol. The van der Waals surface area contributed by atoms with Crippen molar-refractivity contribution in [1.29, 1.82) is 0 Å². The molecule has 112 valence electrons. The van der Waals surface area contributed by atoms with Gasteiger partial charge in [-0.3, -0.25) is 0 Å². The summed E-state index contributed by atoms with van der Waals surface area (Å²) in [5, 5.41) is 6.90. The quantitative estimate of drug-likeness (QED) is 0.712. The van der Waals surface area contributed by atoms with Gasteiger partial charge in [0, 0.05) is 19.6 Å². The van der Waals surface area contributed by atoms with Crippen LogP contribution >= 0.6 is 0 Å². The normalized spacial score (nSPS) is 13.8. The van der Waals surface area contributed by atoms with Gasteiger partial charge >= 0.3 is 0 Å². The lowest BCUT2D eigenvalue weighted by atomic mass is 10.1. The number of hydrogen-bond donors (Lipinski definition) is 2. The zero-order chi connectivity index (χ0) is 14.2. The predicted octanol–water partition coefficient (Wildman–Crippen LogP) is 1.96. The summed E-state index contributed by atoms with van der Waals surface area (Å²) >= 11 is 0. The van der Waals surface area contributed by atoms with Crippen LogP contribution < -0.4 is 15.4 Å². The van der Waals surface area contributed by atoms with E-state index in [0.717, 1.165) is 63.7 Å². The number of nitrogens with zero attached hydrogens (tertiary/aromatic N) is 1. The summed E-state index contributed by atoms with van der Waals surface area (Å²) < 4.78 is 5.59. The highest BCUT2D eigenvalue weighted by Gasteiger charge is 2.09. The van der Waals surface area contributed by atoms with Crippen molar-refractivity contribution in [1.82, 2.24) is 10.2 Å². The zero-order valence-electron chi connectivity index (χ0n) is 12.7. The second-order valence-electron chi connectivity index (χ2n) is 5.13. The van der Waals surface area contributed by atoms with Gasteiger partial charge in [-0.25, -0.2) is 0 Å². The molecule has 0 aliphatic carbocycles. The van der Waals surface area contributed by atoms with Crippen LogP contribution in [0.4, 0.5) is 5.69 Å². The summed E-state index contributed by atoms with van der Waals surface area (Å²) in [6, 6.07) is 6.45. The first-order chi connectivity index (χ1) is 9.83. The van der Waals surface area contributed by atoms with Crippen molar-refractivity contribution in [3.8, 4) is 5.75 Å².